The molecule has 0 aromatic carbocycles. The zero-order chi connectivity index (χ0) is 8.65. The third-order valence-corrected chi connectivity index (χ3v) is 1.62. The third-order valence-electron chi connectivity index (χ3n) is 1.62. The van der Waals surface area contributed by atoms with Gasteiger partial charge in [-0.1, -0.05) is 13.0 Å². The first kappa shape index (κ1) is 9.20. The predicted molar refractivity (Wildman–Crippen MR) is 47.7 cm³/mol. The summed E-state index contributed by atoms with van der Waals surface area (Å²) in [5.74, 6) is 0. The molecule has 12 heavy (non-hydrogen) atoms. The fraction of sp³-hybridized carbons (Fsp3) is 0.500. The van der Waals surface area contributed by atoms with E-state index in [-0.39, 0.29) is 0 Å². The van der Waals surface area contributed by atoms with Crippen molar-refractivity contribution < 1.29 is 9.30 Å². The van der Waals surface area contributed by atoms with Gasteiger partial charge in [0.05, 0.1) is 0 Å². The molecular weight excluding hydrogens is 150 g/mol. The van der Waals surface area contributed by atoms with Crippen molar-refractivity contribution in [1.29, 1.82) is 0 Å². The monoisotopic (exact) mass is 166 g/mol. The minimum absolute atomic E-state index is 0.808. The normalized spacial score (nSPS) is 10.1. The fourth-order valence-corrected chi connectivity index (χ4v) is 1.000. The Kier molecular flexibility index (Phi) is 4.39. The maximum absolute atomic E-state index is 5.37. The highest BCUT2D eigenvalue weighted by molar-refractivity contribution is 4.83. The summed E-state index contributed by atoms with van der Waals surface area (Å²) in [5.41, 5.74) is 0. The molecule has 0 saturated heterocycles. The Balaban J connectivity index is 2.16. The lowest BCUT2D eigenvalue weighted by Gasteiger charge is -1.98. The van der Waals surface area contributed by atoms with Gasteiger partial charge in [0.25, 0.3) is 0 Å². The molecule has 0 fully saturated rings. The summed E-state index contributed by atoms with van der Waals surface area (Å²) in [6.45, 7) is 4.74. The highest BCUT2D eigenvalue weighted by Crippen LogP contribution is 1.81. The molecule has 0 unspecified atom stereocenters. The van der Waals surface area contributed by atoms with E-state index in [0.717, 1.165) is 26.2 Å². The summed E-state index contributed by atoms with van der Waals surface area (Å²) >= 11 is 0. The van der Waals surface area contributed by atoms with Gasteiger partial charge in [-0.15, -0.1) is 0 Å². The topological polar surface area (TPSA) is 13.1 Å². The molecule has 2 heteroatoms. The lowest BCUT2D eigenvalue weighted by atomic mass is 10.5. The Hall–Kier alpha value is -0.890. The fourth-order valence-electron chi connectivity index (χ4n) is 1.000. The Morgan fingerprint density at radius 1 is 1.08 bits per heavy atom. The van der Waals surface area contributed by atoms with Crippen LogP contribution in [0.3, 0.4) is 0 Å². The molecule has 0 aliphatic carbocycles. The van der Waals surface area contributed by atoms with Crippen LogP contribution in [0, 0.1) is 0 Å². The van der Waals surface area contributed by atoms with Crippen LogP contribution < -0.4 is 4.57 Å². The maximum Gasteiger partial charge on any atom is 0.171 e. The van der Waals surface area contributed by atoms with E-state index in [2.05, 4.69) is 23.9 Å². The standard InChI is InChI=1S/C10H16NO/c1-2-9-12-10-8-11-6-4-3-5-7-11/h3-7H,2,8-10H2,1H3/q+1. The first-order valence-electron chi connectivity index (χ1n) is 4.45. The van der Waals surface area contributed by atoms with E-state index in [1.165, 1.54) is 0 Å². The molecule has 1 aromatic rings. The second kappa shape index (κ2) is 5.72. The Labute approximate surface area is 73.8 Å². The molecule has 0 aliphatic heterocycles. The van der Waals surface area contributed by atoms with Crippen molar-refractivity contribution >= 4 is 0 Å². The summed E-state index contributed by atoms with van der Waals surface area (Å²) in [6.07, 6.45) is 5.20. The van der Waals surface area contributed by atoms with E-state index in [9.17, 15) is 0 Å². The van der Waals surface area contributed by atoms with Crippen LogP contribution in [0.1, 0.15) is 13.3 Å². The molecule has 0 spiro atoms. The van der Waals surface area contributed by atoms with Gasteiger partial charge in [0.2, 0.25) is 0 Å². The van der Waals surface area contributed by atoms with E-state index in [1.54, 1.807) is 0 Å². The molecule has 1 rings (SSSR count). The van der Waals surface area contributed by atoms with Crippen LogP contribution in [0.15, 0.2) is 30.6 Å². The van der Waals surface area contributed by atoms with Gasteiger partial charge in [-0.05, 0) is 6.42 Å². The molecule has 2 nitrogen and oxygen atoms in total. The molecule has 1 aromatic heterocycles. The summed E-state index contributed by atoms with van der Waals surface area (Å²) in [6, 6.07) is 6.07. The minimum Gasteiger partial charge on any atom is -0.375 e. The highest BCUT2D eigenvalue weighted by Gasteiger charge is 1.95. The molecule has 0 bridgehead atoms. The zero-order valence-electron chi connectivity index (χ0n) is 7.57. The quantitative estimate of drug-likeness (QED) is 0.476. The first-order valence-corrected chi connectivity index (χ1v) is 4.45. The van der Waals surface area contributed by atoms with Gasteiger partial charge in [-0.25, -0.2) is 4.57 Å². The number of rotatable bonds is 5. The second-order valence-corrected chi connectivity index (χ2v) is 2.73. The lowest BCUT2D eigenvalue weighted by Crippen LogP contribution is -2.34. The largest absolute Gasteiger partial charge is 0.375 e. The van der Waals surface area contributed by atoms with Crippen LogP contribution in [-0.4, -0.2) is 13.2 Å². The van der Waals surface area contributed by atoms with Crippen molar-refractivity contribution in [3.8, 4) is 0 Å². The SMILES string of the molecule is CCCOCC[n+]1ccccc1. The average molecular weight is 166 g/mol. The molecule has 0 atom stereocenters. The number of pyridine rings is 1. The minimum atomic E-state index is 0.808. The number of aromatic nitrogens is 1. The van der Waals surface area contributed by atoms with Crippen LogP contribution in [0.2, 0.25) is 0 Å². The van der Waals surface area contributed by atoms with E-state index < -0.39 is 0 Å². The van der Waals surface area contributed by atoms with Crippen molar-refractivity contribution in [1.82, 2.24) is 0 Å². The molecule has 0 saturated carbocycles. The molecule has 0 N–H and O–H groups in total. The molecule has 0 aliphatic rings. The summed E-state index contributed by atoms with van der Waals surface area (Å²) in [7, 11) is 0. The van der Waals surface area contributed by atoms with Gasteiger partial charge in [-0.2, -0.15) is 0 Å². The average Bonchev–Trinajstić information content (AvgIpc) is 2.14. The first-order chi connectivity index (χ1) is 5.93. The van der Waals surface area contributed by atoms with E-state index in [0.29, 0.717) is 0 Å². The highest BCUT2D eigenvalue weighted by atomic mass is 16.5. The van der Waals surface area contributed by atoms with E-state index in [4.69, 9.17) is 4.74 Å². The van der Waals surface area contributed by atoms with Crippen molar-refractivity contribution in [2.24, 2.45) is 0 Å². The molecule has 66 valence electrons. The van der Waals surface area contributed by atoms with Gasteiger partial charge >= 0.3 is 0 Å². The smallest absolute Gasteiger partial charge is 0.171 e. The summed E-state index contributed by atoms with van der Waals surface area (Å²) in [4.78, 5) is 0. The van der Waals surface area contributed by atoms with Crippen LogP contribution in [0.4, 0.5) is 0 Å². The van der Waals surface area contributed by atoms with Crippen molar-refractivity contribution in [3.63, 3.8) is 0 Å². The van der Waals surface area contributed by atoms with Gasteiger partial charge in [0, 0.05) is 18.7 Å². The Morgan fingerprint density at radius 3 is 2.50 bits per heavy atom. The van der Waals surface area contributed by atoms with Crippen molar-refractivity contribution in [3.05, 3.63) is 30.6 Å². The summed E-state index contributed by atoms with van der Waals surface area (Å²) < 4.78 is 7.49. The molecule has 1 heterocycles. The van der Waals surface area contributed by atoms with Gasteiger partial charge < -0.3 is 4.74 Å². The second-order valence-electron chi connectivity index (χ2n) is 2.73. The maximum atomic E-state index is 5.37. The van der Waals surface area contributed by atoms with Crippen LogP contribution in [0.25, 0.3) is 0 Å². The third kappa shape index (κ3) is 3.49. The van der Waals surface area contributed by atoms with E-state index >= 15 is 0 Å². The Morgan fingerprint density at radius 2 is 1.83 bits per heavy atom. The van der Waals surface area contributed by atoms with Gasteiger partial charge in [0.1, 0.15) is 6.61 Å². The van der Waals surface area contributed by atoms with Crippen LogP contribution in [0.5, 0.6) is 0 Å². The number of ether oxygens (including phenoxy) is 1. The molecular formula is C10H16NO+. The lowest BCUT2D eigenvalue weighted by molar-refractivity contribution is -0.698. The summed E-state index contributed by atoms with van der Waals surface area (Å²) in [5, 5.41) is 0. The van der Waals surface area contributed by atoms with Gasteiger partial charge in [0.15, 0.2) is 18.9 Å². The van der Waals surface area contributed by atoms with Crippen molar-refractivity contribution in [2.75, 3.05) is 13.2 Å². The number of nitrogens with zero attached hydrogens (tertiary/aromatic N) is 1. The van der Waals surface area contributed by atoms with Crippen molar-refractivity contribution in [2.45, 2.75) is 19.9 Å². The zero-order valence-corrected chi connectivity index (χ0v) is 7.57. The number of hydrogen-bond donors (Lipinski definition) is 0. The predicted octanol–water partition coefficient (Wildman–Crippen LogP) is 1.40. The Bertz CT molecular complexity index is 198. The van der Waals surface area contributed by atoms with Gasteiger partial charge in [-0.3, -0.25) is 0 Å². The van der Waals surface area contributed by atoms with E-state index in [1.807, 2.05) is 18.2 Å². The number of hydrogen-bond acceptors (Lipinski definition) is 1. The van der Waals surface area contributed by atoms with Crippen LogP contribution >= 0.6 is 0 Å². The molecule has 0 amide bonds. The molecule has 0 radical (unpaired) electrons. The van der Waals surface area contributed by atoms with Crippen LogP contribution in [-0.2, 0) is 11.3 Å².